The lowest BCUT2D eigenvalue weighted by Gasteiger charge is -2.05. The molecule has 0 unspecified atom stereocenters. The molecule has 4 rings (SSSR count). The molecule has 3 heterocycles. The third-order valence-electron chi connectivity index (χ3n) is 3.41. The van der Waals surface area contributed by atoms with Gasteiger partial charge in [0.05, 0.1) is 11.4 Å². The molecule has 106 valence electrons. The lowest BCUT2D eigenvalue weighted by molar-refractivity contribution is 0.546. The van der Waals surface area contributed by atoms with E-state index in [9.17, 15) is 4.79 Å². The summed E-state index contributed by atoms with van der Waals surface area (Å²) in [7, 11) is 0. The molecule has 3 aromatic heterocycles. The average Bonchev–Trinajstić information content (AvgIpc) is 2.95. The first kappa shape index (κ1) is 12.5. The number of aromatic amines is 1. The van der Waals surface area contributed by atoms with Crippen molar-refractivity contribution in [3.8, 4) is 22.5 Å². The van der Waals surface area contributed by atoms with E-state index in [1.807, 2.05) is 54.6 Å². The summed E-state index contributed by atoms with van der Waals surface area (Å²) in [4.78, 5) is 22.9. The van der Waals surface area contributed by atoms with Gasteiger partial charge in [-0.1, -0.05) is 36.4 Å². The summed E-state index contributed by atoms with van der Waals surface area (Å²) >= 11 is 0. The predicted molar refractivity (Wildman–Crippen MR) is 83.3 cm³/mol. The van der Waals surface area contributed by atoms with Gasteiger partial charge in [-0.2, -0.15) is 0 Å². The Hall–Kier alpha value is -3.21. The van der Waals surface area contributed by atoms with Crippen LogP contribution in [0.3, 0.4) is 0 Å². The van der Waals surface area contributed by atoms with E-state index >= 15 is 0 Å². The number of aromatic nitrogens is 3. The topological polar surface area (TPSA) is 71.8 Å². The van der Waals surface area contributed by atoms with Crippen LogP contribution in [0.2, 0.25) is 0 Å². The van der Waals surface area contributed by atoms with Gasteiger partial charge in [-0.25, -0.2) is 9.78 Å². The molecule has 22 heavy (non-hydrogen) atoms. The Bertz CT molecular complexity index is 989. The van der Waals surface area contributed by atoms with E-state index in [1.165, 1.54) is 0 Å². The lowest BCUT2D eigenvalue weighted by atomic mass is 10.0. The van der Waals surface area contributed by atoms with Crippen LogP contribution in [0.5, 0.6) is 0 Å². The first-order chi connectivity index (χ1) is 10.8. The molecule has 0 aliphatic carbocycles. The van der Waals surface area contributed by atoms with Crippen molar-refractivity contribution < 1.29 is 4.42 Å². The van der Waals surface area contributed by atoms with E-state index in [0.717, 1.165) is 16.8 Å². The monoisotopic (exact) mass is 289 g/mol. The molecule has 0 radical (unpaired) electrons. The van der Waals surface area contributed by atoms with E-state index in [-0.39, 0.29) is 5.71 Å². The van der Waals surface area contributed by atoms with Gasteiger partial charge >= 0.3 is 5.76 Å². The molecule has 1 N–H and O–H groups in total. The molecule has 0 amide bonds. The maximum Gasteiger partial charge on any atom is 0.418 e. The number of nitrogens with one attached hydrogen (secondary N) is 1. The van der Waals surface area contributed by atoms with E-state index in [0.29, 0.717) is 11.2 Å². The Kier molecular flexibility index (Phi) is 2.83. The summed E-state index contributed by atoms with van der Waals surface area (Å²) in [6.07, 6.45) is 1.71. The van der Waals surface area contributed by atoms with E-state index < -0.39 is 5.76 Å². The van der Waals surface area contributed by atoms with Crippen LogP contribution in [0.1, 0.15) is 0 Å². The van der Waals surface area contributed by atoms with Crippen LogP contribution in [0, 0.1) is 0 Å². The van der Waals surface area contributed by atoms with Gasteiger partial charge in [0.15, 0.2) is 0 Å². The van der Waals surface area contributed by atoms with Gasteiger partial charge in [0.25, 0.3) is 0 Å². The smallest absolute Gasteiger partial charge is 0.389 e. The fourth-order valence-electron chi connectivity index (χ4n) is 2.42. The molecule has 5 heteroatoms. The molecular formula is C17H11N3O2. The van der Waals surface area contributed by atoms with Gasteiger partial charge in [-0.3, -0.25) is 9.97 Å². The van der Waals surface area contributed by atoms with Gasteiger partial charge in [0.2, 0.25) is 5.71 Å². The van der Waals surface area contributed by atoms with Gasteiger partial charge in [0.1, 0.15) is 5.52 Å². The Morgan fingerprint density at radius 2 is 1.77 bits per heavy atom. The maximum absolute atomic E-state index is 11.5. The summed E-state index contributed by atoms with van der Waals surface area (Å²) in [6.45, 7) is 0. The number of H-pyrrole nitrogens is 1. The SMILES string of the molecule is O=c1[nH]c2c(-c3ccccc3)cc(-c3ccccn3)nc2o1. The number of pyridine rings is 2. The first-order valence-corrected chi connectivity index (χ1v) is 6.82. The van der Waals surface area contributed by atoms with Crippen LogP contribution in [-0.2, 0) is 0 Å². The quantitative estimate of drug-likeness (QED) is 0.615. The molecule has 0 saturated heterocycles. The van der Waals surface area contributed by atoms with Crippen molar-refractivity contribution in [3.63, 3.8) is 0 Å². The standard InChI is InChI=1S/C17H11N3O2/c21-17-20-15-12(11-6-2-1-3-7-11)10-14(19-16(15)22-17)13-8-4-5-9-18-13/h1-10H,(H,20,21). The molecular weight excluding hydrogens is 278 g/mol. The predicted octanol–water partition coefficient (Wildman–Crippen LogP) is 3.25. The number of hydrogen-bond acceptors (Lipinski definition) is 4. The molecule has 0 aliphatic heterocycles. The lowest BCUT2D eigenvalue weighted by Crippen LogP contribution is -1.94. The number of hydrogen-bond donors (Lipinski definition) is 1. The fraction of sp³-hybridized carbons (Fsp3) is 0. The normalized spacial score (nSPS) is 10.9. The third-order valence-corrected chi connectivity index (χ3v) is 3.41. The molecule has 0 bridgehead atoms. The van der Waals surface area contributed by atoms with Crippen LogP contribution < -0.4 is 5.76 Å². The zero-order chi connectivity index (χ0) is 14.9. The van der Waals surface area contributed by atoms with E-state index in [1.54, 1.807) is 6.20 Å². The zero-order valence-corrected chi connectivity index (χ0v) is 11.5. The number of rotatable bonds is 2. The average molecular weight is 289 g/mol. The molecule has 0 spiro atoms. The molecule has 0 fully saturated rings. The van der Waals surface area contributed by atoms with E-state index in [2.05, 4.69) is 15.0 Å². The van der Waals surface area contributed by atoms with Crippen molar-refractivity contribution in [2.75, 3.05) is 0 Å². The number of oxazole rings is 1. The second-order valence-electron chi connectivity index (χ2n) is 4.83. The van der Waals surface area contributed by atoms with Crippen LogP contribution >= 0.6 is 0 Å². The van der Waals surface area contributed by atoms with Gasteiger partial charge in [-0.15, -0.1) is 0 Å². The first-order valence-electron chi connectivity index (χ1n) is 6.82. The van der Waals surface area contributed by atoms with Crippen molar-refractivity contribution in [1.29, 1.82) is 0 Å². The van der Waals surface area contributed by atoms with E-state index in [4.69, 9.17) is 4.42 Å². The van der Waals surface area contributed by atoms with Crippen molar-refractivity contribution in [1.82, 2.24) is 15.0 Å². The largest absolute Gasteiger partial charge is 0.418 e. The maximum atomic E-state index is 11.5. The second-order valence-corrected chi connectivity index (χ2v) is 4.83. The summed E-state index contributed by atoms with van der Waals surface area (Å²) in [5.74, 6) is -0.516. The summed E-state index contributed by atoms with van der Waals surface area (Å²) in [5, 5.41) is 0. The number of benzene rings is 1. The van der Waals surface area contributed by atoms with Gasteiger partial charge in [-0.05, 0) is 23.8 Å². The zero-order valence-electron chi connectivity index (χ0n) is 11.5. The van der Waals surface area contributed by atoms with Gasteiger partial charge in [0, 0.05) is 11.8 Å². The minimum Gasteiger partial charge on any atom is -0.389 e. The third kappa shape index (κ3) is 2.09. The van der Waals surface area contributed by atoms with Crippen molar-refractivity contribution in [2.45, 2.75) is 0 Å². The van der Waals surface area contributed by atoms with Crippen molar-refractivity contribution in [2.24, 2.45) is 0 Å². The highest BCUT2D eigenvalue weighted by molar-refractivity contribution is 5.91. The van der Waals surface area contributed by atoms with Crippen LogP contribution in [0.4, 0.5) is 0 Å². The molecule has 0 atom stereocenters. The van der Waals surface area contributed by atoms with Crippen LogP contribution in [0.25, 0.3) is 33.7 Å². The second kappa shape index (κ2) is 4.96. The molecule has 5 nitrogen and oxygen atoms in total. The highest BCUT2D eigenvalue weighted by atomic mass is 16.4. The van der Waals surface area contributed by atoms with Gasteiger partial charge < -0.3 is 4.42 Å². The Balaban J connectivity index is 2.04. The fourth-order valence-corrected chi connectivity index (χ4v) is 2.42. The Morgan fingerprint density at radius 3 is 2.55 bits per heavy atom. The van der Waals surface area contributed by atoms with Crippen LogP contribution in [0.15, 0.2) is 70.0 Å². The molecule has 0 aliphatic rings. The number of fused-ring (bicyclic) bond motifs is 1. The number of nitrogens with zero attached hydrogens (tertiary/aromatic N) is 2. The summed E-state index contributed by atoms with van der Waals surface area (Å²) in [6, 6.07) is 17.3. The minimum atomic E-state index is -0.516. The van der Waals surface area contributed by atoms with Crippen LogP contribution in [-0.4, -0.2) is 15.0 Å². The molecule has 4 aromatic rings. The van der Waals surface area contributed by atoms with Crippen molar-refractivity contribution >= 4 is 11.2 Å². The summed E-state index contributed by atoms with van der Waals surface area (Å²) in [5.41, 5.74) is 4.10. The summed E-state index contributed by atoms with van der Waals surface area (Å²) < 4.78 is 5.14. The molecule has 0 saturated carbocycles. The minimum absolute atomic E-state index is 0.284. The highest BCUT2D eigenvalue weighted by Crippen LogP contribution is 2.29. The molecule has 1 aromatic carbocycles. The van der Waals surface area contributed by atoms with Crippen molar-refractivity contribution in [3.05, 3.63) is 71.3 Å². The highest BCUT2D eigenvalue weighted by Gasteiger charge is 2.13. The Morgan fingerprint density at radius 1 is 0.955 bits per heavy atom. The Labute approximate surface area is 125 Å².